The van der Waals surface area contributed by atoms with Crippen LogP contribution in [0.5, 0.6) is 0 Å². The van der Waals surface area contributed by atoms with E-state index in [9.17, 15) is 4.79 Å². The summed E-state index contributed by atoms with van der Waals surface area (Å²) in [6, 6.07) is 9.64. The molecule has 106 valence electrons. The lowest BCUT2D eigenvalue weighted by molar-refractivity contribution is 0.635. The SMILES string of the molecule is Cc1ccccc1Cn1ncc(NCC(C)C)cc1=O. The average Bonchev–Trinajstić information content (AvgIpc) is 2.41. The van der Waals surface area contributed by atoms with E-state index in [2.05, 4.69) is 24.3 Å². The van der Waals surface area contributed by atoms with Crippen LogP contribution in [0.1, 0.15) is 25.0 Å². The Labute approximate surface area is 119 Å². The van der Waals surface area contributed by atoms with E-state index >= 15 is 0 Å². The Hall–Kier alpha value is -2.10. The highest BCUT2D eigenvalue weighted by Crippen LogP contribution is 2.08. The van der Waals surface area contributed by atoms with Crippen LogP contribution in [0.25, 0.3) is 0 Å². The smallest absolute Gasteiger partial charge is 0.269 e. The largest absolute Gasteiger partial charge is 0.383 e. The Bertz CT molecular complexity index is 632. The van der Waals surface area contributed by atoms with E-state index in [0.29, 0.717) is 12.5 Å². The Balaban J connectivity index is 2.14. The van der Waals surface area contributed by atoms with Crippen LogP contribution in [0.2, 0.25) is 0 Å². The van der Waals surface area contributed by atoms with Crippen molar-refractivity contribution in [1.82, 2.24) is 9.78 Å². The molecule has 0 aliphatic heterocycles. The quantitative estimate of drug-likeness (QED) is 0.909. The third kappa shape index (κ3) is 3.70. The number of hydrogen-bond donors (Lipinski definition) is 1. The van der Waals surface area contributed by atoms with E-state index in [0.717, 1.165) is 17.8 Å². The molecule has 4 heteroatoms. The van der Waals surface area contributed by atoms with Crippen molar-refractivity contribution >= 4 is 5.69 Å². The molecule has 1 aromatic carbocycles. The number of anilines is 1. The van der Waals surface area contributed by atoms with Crippen LogP contribution >= 0.6 is 0 Å². The van der Waals surface area contributed by atoms with E-state index in [-0.39, 0.29) is 5.56 Å². The van der Waals surface area contributed by atoms with Gasteiger partial charge >= 0.3 is 0 Å². The van der Waals surface area contributed by atoms with Crippen molar-refractivity contribution < 1.29 is 0 Å². The Morgan fingerprint density at radius 3 is 2.70 bits per heavy atom. The van der Waals surface area contributed by atoms with Gasteiger partial charge < -0.3 is 5.32 Å². The molecule has 0 fully saturated rings. The third-order valence-electron chi connectivity index (χ3n) is 3.17. The number of nitrogens with zero attached hydrogens (tertiary/aromatic N) is 2. The number of aryl methyl sites for hydroxylation is 1. The molecular formula is C16H21N3O. The van der Waals surface area contributed by atoms with E-state index in [1.165, 1.54) is 10.2 Å². The molecule has 0 saturated heterocycles. The van der Waals surface area contributed by atoms with Crippen molar-refractivity contribution in [1.29, 1.82) is 0 Å². The summed E-state index contributed by atoms with van der Waals surface area (Å²) in [4.78, 5) is 12.1. The Kier molecular flexibility index (Phi) is 4.56. The van der Waals surface area contributed by atoms with Crippen LogP contribution in [-0.2, 0) is 6.54 Å². The summed E-state index contributed by atoms with van der Waals surface area (Å²) in [5, 5.41) is 7.45. The summed E-state index contributed by atoms with van der Waals surface area (Å²) in [6.45, 7) is 7.64. The van der Waals surface area contributed by atoms with Gasteiger partial charge in [-0.1, -0.05) is 38.1 Å². The molecule has 1 heterocycles. The molecule has 0 aliphatic carbocycles. The Morgan fingerprint density at radius 2 is 2.05 bits per heavy atom. The second-order valence-electron chi connectivity index (χ2n) is 5.44. The van der Waals surface area contributed by atoms with Crippen molar-refractivity contribution in [3.63, 3.8) is 0 Å². The maximum atomic E-state index is 12.1. The fraction of sp³-hybridized carbons (Fsp3) is 0.375. The van der Waals surface area contributed by atoms with E-state index in [1.807, 2.05) is 31.2 Å². The predicted octanol–water partition coefficient (Wildman–Crippen LogP) is 2.67. The molecule has 1 N–H and O–H groups in total. The molecule has 20 heavy (non-hydrogen) atoms. The number of rotatable bonds is 5. The van der Waals surface area contributed by atoms with Gasteiger partial charge in [0.2, 0.25) is 0 Å². The zero-order chi connectivity index (χ0) is 14.5. The van der Waals surface area contributed by atoms with Crippen LogP contribution in [0.4, 0.5) is 5.69 Å². The molecular weight excluding hydrogens is 250 g/mol. The summed E-state index contributed by atoms with van der Waals surface area (Å²) >= 11 is 0. The van der Waals surface area contributed by atoms with Crippen LogP contribution in [0, 0.1) is 12.8 Å². The first kappa shape index (κ1) is 14.3. The maximum absolute atomic E-state index is 12.1. The lowest BCUT2D eigenvalue weighted by Gasteiger charge is -2.10. The zero-order valence-electron chi connectivity index (χ0n) is 12.3. The van der Waals surface area contributed by atoms with Crippen molar-refractivity contribution in [2.24, 2.45) is 5.92 Å². The number of hydrogen-bond acceptors (Lipinski definition) is 3. The number of nitrogens with one attached hydrogen (secondary N) is 1. The van der Waals surface area contributed by atoms with Gasteiger partial charge in [-0.25, -0.2) is 4.68 Å². The first-order valence-electron chi connectivity index (χ1n) is 6.92. The molecule has 0 bridgehead atoms. The summed E-state index contributed by atoms with van der Waals surface area (Å²) in [6.07, 6.45) is 1.71. The van der Waals surface area contributed by atoms with Gasteiger partial charge in [0.25, 0.3) is 5.56 Å². The number of benzene rings is 1. The highest BCUT2D eigenvalue weighted by Gasteiger charge is 2.03. The summed E-state index contributed by atoms with van der Waals surface area (Å²) in [7, 11) is 0. The first-order valence-corrected chi connectivity index (χ1v) is 6.92. The monoisotopic (exact) mass is 271 g/mol. The maximum Gasteiger partial charge on any atom is 0.269 e. The zero-order valence-corrected chi connectivity index (χ0v) is 12.3. The summed E-state index contributed by atoms with van der Waals surface area (Å²) < 4.78 is 1.49. The molecule has 0 atom stereocenters. The lowest BCUT2D eigenvalue weighted by Crippen LogP contribution is -2.24. The molecule has 0 saturated carbocycles. The van der Waals surface area contributed by atoms with Crippen molar-refractivity contribution in [2.45, 2.75) is 27.3 Å². The minimum atomic E-state index is -0.0815. The molecule has 0 aliphatic rings. The fourth-order valence-electron chi connectivity index (χ4n) is 1.92. The summed E-state index contributed by atoms with van der Waals surface area (Å²) in [5.41, 5.74) is 2.99. The highest BCUT2D eigenvalue weighted by molar-refractivity contribution is 5.38. The van der Waals surface area contributed by atoms with Gasteiger partial charge in [0.15, 0.2) is 0 Å². The van der Waals surface area contributed by atoms with Crippen LogP contribution in [-0.4, -0.2) is 16.3 Å². The van der Waals surface area contributed by atoms with Gasteiger partial charge in [-0.3, -0.25) is 4.79 Å². The fourth-order valence-corrected chi connectivity index (χ4v) is 1.92. The molecule has 2 rings (SSSR count). The van der Waals surface area contributed by atoms with Crippen LogP contribution in [0.3, 0.4) is 0 Å². The molecule has 0 amide bonds. The first-order chi connectivity index (χ1) is 9.56. The standard InChI is InChI=1S/C16H21N3O/c1-12(2)9-17-15-8-16(20)19(18-10-15)11-14-7-5-4-6-13(14)3/h4-8,10,12,17H,9,11H2,1-3H3. The van der Waals surface area contributed by atoms with Crippen molar-refractivity contribution in [3.8, 4) is 0 Å². The van der Waals surface area contributed by atoms with Gasteiger partial charge in [0, 0.05) is 12.6 Å². The predicted molar refractivity (Wildman–Crippen MR) is 82.1 cm³/mol. The molecule has 4 nitrogen and oxygen atoms in total. The highest BCUT2D eigenvalue weighted by atomic mass is 16.1. The topological polar surface area (TPSA) is 46.9 Å². The van der Waals surface area contributed by atoms with E-state index in [1.54, 1.807) is 12.3 Å². The van der Waals surface area contributed by atoms with Crippen LogP contribution < -0.4 is 10.9 Å². The van der Waals surface area contributed by atoms with Gasteiger partial charge in [0.1, 0.15) is 0 Å². The molecule has 1 aromatic heterocycles. The Morgan fingerprint density at radius 1 is 1.30 bits per heavy atom. The van der Waals surface area contributed by atoms with Crippen LogP contribution in [0.15, 0.2) is 41.3 Å². The summed E-state index contributed by atoms with van der Waals surface area (Å²) in [5.74, 6) is 0.532. The van der Waals surface area contributed by atoms with Gasteiger partial charge in [-0.15, -0.1) is 0 Å². The second-order valence-corrected chi connectivity index (χ2v) is 5.44. The minimum absolute atomic E-state index is 0.0815. The average molecular weight is 271 g/mol. The van der Waals surface area contributed by atoms with E-state index < -0.39 is 0 Å². The molecule has 2 aromatic rings. The number of aromatic nitrogens is 2. The lowest BCUT2D eigenvalue weighted by atomic mass is 10.1. The minimum Gasteiger partial charge on any atom is -0.383 e. The molecule has 0 unspecified atom stereocenters. The normalized spacial score (nSPS) is 10.8. The van der Waals surface area contributed by atoms with Gasteiger partial charge in [0.05, 0.1) is 18.4 Å². The second kappa shape index (κ2) is 6.37. The molecule has 0 radical (unpaired) electrons. The molecule has 0 spiro atoms. The van der Waals surface area contributed by atoms with E-state index in [4.69, 9.17) is 0 Å². The van der Waals surface area contributed by atoms with Gasteiger partial charge in [-0.2, -0.15) is 5.10 Å². The van der Waals surface area contributed by atoms with Crippen molar-refractivity contribution in [3.05, 3.63) is 58.0 Å². The van der Waals surface area contributed by atoms with Gasteiger partial charge in [-0.05, 0) is 24.0 Å². The van der Waals surface area contributed by atoms with Crippen molar-refractivity contribution in [2.75, 3.05) is 11.9 Å². The third-order valence-corrected chi connectivity index (χ3v) is 3.17.